The maximum absolute atomic E-state index is 9.65. The molecule has 0 amide bonds. The number of nitriles is 1. The average Bonchev–Trinajstić information content (AvgIpc) is 2.95. The Bertz CT molecular complexity index is 904. The van der Waals surface area contributed by atoms with Crippen LogP contribution in [0.25, 0.3) is 22.6 Å². The first kappa shape index (κ1) is 13.7. The quantitative estimate of drug-likeness (QED) is 0.725. The highest BCUT2D eigenvalue weighted by Crippen LogP contribution is 2.30. The first-order chi connectivity index (χ1) is 10.7. The number of fused-ring (bicyclic) bond motifs is 1. The van der Waals surface area contributed by atoms with Crippen LogP contribution in [0.1, 0.15) is 11.1 Å². The third-order valence-corrected chi connectivity index (χ3v) is 3.41. The van der Waals surface area contributed by atoms with Crippen molar-refractivity contribution in [2.24, 2.45) is 0 Å². The number of aromatic hydroxyl groups is 1. The molecule has 0 saturated carbocycles. The van der Waals surface area contributed by atoms with Crippen LogP contribution in [0.4, 0.5) is 0 Å². The van der Waals surface area contributed by atoms with Crippen molar-refractivity contribution in [2.75, 3.05) is 7.11 Å². The fourth-order valence-corrected chi connectivity index (χ4v) is 2.35. The molecule has 0 fully saturated rings. The van der Waals surface area contributed by atoms with E-state index in [9.17, 15) is 10.4 Å². The van der Waals surface area contributed by atoms with Gasteiger partial charge in [0.25, 0.3) is 0 Å². The number of rotatable bonds is 3. The molecular weight excluding hydrogens is 278 g/mol. The van der Waals surface area contributed by atoms with Crippen LogP contribution in [-0.4, -0.2) is 22.2 Å². The number of hydrogen-bond acceptors (Lipinski definition) is 4. The summed E-state index contributed by atoms with van der Waals surface area (Å²) in [7, 11) is 1.57. The van der Waals surface area contributed by atoms with E-state index in [1.165, 1.54) is 0 Å². The number of pyridine rings is 1. The Morgan fingerprint density at radius 3 is 3.05 bits per heavy atom. The van der Waals surface area contributed by atoms with Crippen LogP contribution in [0.5, 0.6) is 11.5 Å². The molecule has 0 spiro atoms. The molecule has 3 rings (SSSR count). The van der Waals surface area contributed by atoms with Gasteiger partial charge in [0.2, 0.25) is 0 Å². The molecule has 0 unspecified atom stereocenters. The van der Waals surface area contributed by atoms with Crippen molar-refractivity contribution >= 4 is 22.6 Å². The van der Waals surface area contributed by atoms with Gasteiger partial charge in [0.05, 0.1) is 18.8 Å². The molecule has 0 bridgehead atoms. The van der Waals surface area contributed by atoms with Gasteiger partial charge < -0.3 is 14.8 Å². The molecule has 0 atom stereocenters. The lowest BCUT2D eigenvalue weighted by Crippen LogP contribution is -1.88. The van der Waals surface area contributed by atoms with Crippen molar-refractivity contribution in [2.45, 2.75) is 0 Å². The number of ether oxygens (including phenoxy) is 1. The summed E-state index contributed by atoms with van der Waals surface area (Å²) in [5, 5.41) is 19.9. The molecule has 108 valence electrons. The summed E-state index contributed by atoms with van der Waals surface area (Å²) < 4.78 is 5.27. The lowest BCUT2D eigenvalue weighted by Gasteiger charge is -2.04. The molecule has 2 N–H and O–H groups in total. The van der Waals surface area contributed by atoms with Gasteiger partial charge in [-0.05, 0) is 30.3 Å². The van der Waals surface area contributed by atoms with Crippen molar-refractivity contribution in [3.05, 3.63) is 54.0 Å². The number of nitrogens with one attached hydrogen (secondary N) is 1. The Morgan fingerprint density at radius 1 is 1.41 bits per heavy atom. The summed E-state index contributed by atoms with van der Waals surface area (Å²) in [4.78, 5) is 7.15. The minimum Gasteiger partial charge on any atom is -0.508 e. The molecule has 22 heavy (non-hydrogen) atoms. The largest absolute Gasteiger partial charge is 0.508 e. The van der Waals surface area contributed by atoms with Gasteiger partial charge in [0.1, 0.15) is 11.5 Å². The monoisotopic (exact) mass is 291 g/mol. The molecule has 1 aromatic carbocycles. The molecule has 2 heterocycles. The van der Waals surface area contributed by atoms with E-state index in [4.69, 9.17) is 4.74 Å². The Labute approximate surface area is 127 Å². The van der Waals surface area contributed by atoms with Gasteiger partial charge >= 0.3 is 0 Å². The van der Waals surface area contributed by atoms with Gasteiger partial charge in [-0.3, -0.25) is 4.98 Å². The summed E-state index contributed by atoms with van der Waals surface area (Å²) in [6.07, 6.45) is 6.74. The Morgan fingerprint density at radius 2 is 2.27 bits per heavy atom. The van der Waals surface area contributed by atoms with E-state index in [1.54, 1.807) is 56.0 Å². The highest BCUT2D eigenvalue weighted by molar-refractivity contribution is 6.01. The molecule has 2 aromatic heterocycles. The van der Waals surface area contributed by atoms with Gasteiger partial charge in [-0.1, -0.05) is 0 Å². The van der Waals surface area contributed by atoms with E-state index in [2.05, 4.69) is 16.0 Å². The van der Waals surface area contributed by atoms with Crippen LogP contribution >= 0.6 is 0 Å². The predicted octanol–water partition coefficient (Wildman–Crippen LogP) is 3.34. The average molecular weight is 291 g/mol. The van der Waals surface area contributed by atoms with E-state index in [0.29, 0.717) is 11.3 Å². The Hall–Kier alpha value is -3.26. The molecule has 5 nitrogen and oxygen atoms in total. The third-order valence-electron chi connectivity index (χ3n) is 3.41. The number of phenolic OH excluding ortho intramolecular Hbond substituents is 1. The van der Waals surface area contributed by atoms with Crippen molar-refractivity contribution in [3.63, 3.8) is 0 Å². The smallest absolute Gasteiger partial charge is 0.129 e. The van der Waals surface area contributed by atoms with Gasteiger partial charge in [0.15, 0.2) is 0 Å². The zero-order chi connectivity index (χ0) is 15.5. The minimum atomic E-state index is 0.157. The van der Waals surface area contributed by atoms with Crippen LogP contribution in [-0.2, 0) is 0 Å². The summed E-state index contributed by atoms with van der Waals surface area (Å²) in [5.41, 5.74) is 2.76. The minimum absolute atomic E-state index is 0.157. The normalized spacial score (nSPS) is 11.4. The second kappa shape index (κ2) is 5.62. The molecule has 0 aliphatic carbocycles. The molecule has 0 aliphatic rings. The second-order valence-corrected chi connectivity index (χ2v) is 4.72. The second-order valence-electron chi connectivity index (χ2n) is 4.72. The third kappa shape index (κ3) is 2.38. The fraction of sp³-hybridized carbons (Fsp3) is 0.0588. The zero-order valence-corrected chi connectivity index (χ0v) is 11.9. The van der Waals surface area contributed by atoms with Gasteiger partial charge in [-0.2, -0.15) is 5.26 Å². The fourth-order valence-electron chi connectivity index (χ4n) is 2.35. The van der Waals surface area contributed by atoms with E-state index in [1.807, 2.05) is 0 Å². The molecule has 0 radical (unpaired) electrons. The van der Waals surface area contributed by atoms with Crippen LogP contribution in [0.15, 0.2) is 42.9 Å². The first-order valence-electron chi connectivity index (χ1n) is 6.63. The number of aromatic nitrogens is 2. The standard InChI is InChI=1S/C17H13N3O2/c1-22-17-4-5-19-9-12(17)6-11(8-18)15-10-20-16-3-2-13(21)7-14(15)16/h2-7,9-10,20-21H,1H3/b11-6+. The first-order valence-corrected chi connectivity index (χ1v) is 6.63. The van der Waals surface area contributed by atoms with E-state index < -0.39 is 0 Å². The number of benzene rings is 1. The van der Waals surface area contributed by atoms with Crippen molar-refractivity contribution in [1.29, 1.82) is 5.26 Å². The summed E-state index contributed by atoms with van der Waals surface area (Å²) in [6.45, 7) is 0. The maximum atomic E-state index is 9.65. The van der Waals surface area contributed by atoms with Gasteiger partial charge in [-0.25, -0.2) is 0 Å². The molecule has 5 heteroatoms. The number of methoxy groups -OCH3 is 1. The number of nitrogens with zero attached hydrogens (tertiary/aromatic N) is 2. The van der Waals surface area contributed by atoms with E-state index >= 15 is 0 Å². The highest BCUT2D eigenvalue weighted by atomic mass is 16.5. The lowest BCUT2D eigenvalue weighted by molar-refractivity contribution is 0.413. The van der Waals surface area contributed by atoms with Crippen molar-refractivity contribution in [3.8, 4) is 17.6 Å². The van der Waals surface area contributed by atoms with E-state index in [-0.39, 0.29) is 5.75 Å². The number of aromatic amines is 1. The zero-order valence-electron chi connectivity index (χ0n) is 11.9. The lowest BCUT2D eigenvalue weighted by atomic mass is 10.0. The Balaban J connectivity index is 2.16. The van der Waals surface area contributed by atoms with Crippen LogP contribution in [0.3, 0.4) is 0 Å². The molecular formula is C17H13N3O2. The predicted molar refractivity (Wildman–Crippen MR) is 84.2 cm³/mol. The Kier molecular flexibility index (Phi) is 3.50. The highest BCUT2D eigenvalue weighted by Gasteiger charge is 2.10. The van der Waals surface area contributed by atoms with E-state index in [0.717, 1.165) is 22.0 Å². The molecule has 0 saturated heterocycles. The van der Waals surface area contributed by atoms with Crippen molar-refractivity contribution < 1.29 is 9.84 Å². The number of hydrogen-bond donors (Lipinski definition) is 2. The molecule has 0 aliphatic heterocycles. The topological polar surface area (TPSA) is 81.9 Å². The SMILES string of the molecule is COc1ccncc1/C=C(\C#N)c1c[nH]c2ccc(O)cc12. The number of allylic oxidation sites excluding steroid dienone is 1. The molecule has 3 aromatic rings. The number of phenols is 1. The van der Waals surface area contributed by atoms with Crippen LogP contribution < -0.4 is 4.74 Å². The van der Waals surface area contributed by atoms with Gasteiger partial charge in [-0.15, -0.1) is 0 Å². The summed E-state index contributed by atoms with van der Waals surface area (Å²) in [6, 6.07) is 8.93. The summed E-state index contributed by atoms with van der Waals surface area (Å²) in [5.74, 6) is 0.801. The van der Waals surface area contributed by atoms with Crippen molar-refractivity contribution in [1.82, 2.24) is 9.97 Å². The maximum Gasteiger partial charge on any atom is 0.129 e. The van der Waals surface area contributed by atoms with Gasteiger partial charge in [0, 0.05) is 40.6 Å². The van der Waals surface area contributed by atoms with Crippen LogP contribution in [0, 0.1) is 11.3 Å². The summed E-state index contributed by atoms with van der Waals surface area (Å²) >= 11 is 0. The van der Waals surface area contributed by atoms with Crippen LogP contribution in [0.2, 0.25) is 0 Å². The number of H-pyrrole nitrogens is 1.